The van der Waals surface area contributed by atoms with Crippen molar-refractivity contribution >= 4 is 21.9 Å². The summed E-state index contributed by atoms with van der Waals surface area (Å²) in [6.07, 6.45) is 5.41. The van der Waals surface area contributed by atoms with Crippen LogP contribution in [-0.4, -0.2) is 44.7 Å². The largest absolute Gasteiger partial charge is 0.476 e. The second kappa shape index (κ2) is 9.53. The molecule has 0 aliphatic heterocycles. The zero-order chi connectivity index (χ0) is 21.8. The Labute approximate surface area is 183 Å². The van der Waals surface area contributed by atoms with E-state index in [1.165, 1.54) is 12.1 Å². The summed E-state index contributed by atoms with van der Waals surface area (Å²) in [4.78, 5) is 11.7. The second-order valence-corrected chi connectivity index (χ2v) is 8.19. The summed E-state index contributed by atoms with van der Waals surface area (Å²) in [5.41, 5.74) is 3.03. The highest BCUT2D eigenvalue weighted by atomic mass is 79.9. The molecule has 0 unspecified atom stereocenters. The summed E-state index contributed by atoms with van der Waals surface area (Å²) in [7, 11) is 3.75. The van der Waals surface area contributed by atoms with E-state index in [1.807, 2.05) is 33.3 Å². The molecule has 1 fully saturated rings. The fourth-order valence-electron chi connectivity index (χ4n) is 3.31. The van der Waals surface area contributed by atoms with Gasteiger partial charge in [0.05, 0.1) is 17.4 Å². The van der Waals surface area contributed by atoms with E-state index in [4.69, 9.17) is 0 Å². The third-order valence-corrected chi connectivity index (χ3v) is 5.51. The smallest absolute Gasteiger partial charge is 0.356 e. The molecule has 7 nitrogen and oxygen atoms in total. The Morgan fingerprint density at radius 2 is 2.00 bits per heavy atom. The van der Waals surface area contributed by atoms with Crippen LogP contribution in [0.4, 0.5) is 4.39 Å². The van der Waals surface area contributed by atoms with Crippen LogP contribution in [-0.2, 0) is 6.42 Å². The highest BCUT2D eigenvalue weighted by Gasteiger charge is 2.25. The van der Waals surface area contributed by atoms with Gasteiger partial charge in [0.1, 0.15) is 5.82 Å². The van der Waals surface area contributed by atoms with Gasteiger partial charge in [0, 0.05) is 28.3 Å². The van der Waals surface area contributed by atoms with Crippen LogP contribution in [0.5, 0.6) is 0 Å². The van der Waals surface area contributed by atoms with Crippen LogP contribution in [0.15, 0.2) is 34.9 Å². The van der Waals surface area contributed by atoms with Gasteiger partial charge in [-0.25, -0.2) is 13.9 Å². The molecule has 30 heavy (non-hydrogen) atoms. The minimum absolute atomic E-state index is 0.0745. The van der Waals surface area contributed by atoms with E-state index in [2.05, 4.69) is 31.4 Å². The Hall–Kier alpha value is -2.52. The van der Waals surface area contributed by atoms with E-state index >= 15 is 0 Å². The van der Waals surface area contributed by atoms with E-state index in [1.54, 1.807) is 15.4 Å². The number of nitrogens with one attached hydrogen (secondary N) is 1. The first-order valence-corrected chi connectivity index (χ1v) is 10.5. The number of aromatic carboxylic acids is 1. The van der Waals surface area contributed by atoms with Crippen LogP contribution < -0.4 is 5.32 Å². The molecule has 2 N–H and O–H groups in total. The topological polar surface area (TPSA) is 85.0 Å². The summed E-state index contributed by atoms with van der Waals surface area (Å²) in [6, 6.07) is 6.59. The zero-order valence-electron chi connectivity index (χ0n) is 17.2. The number of rotatable bonds is 5. The van der Waals surface area contributed by atoms with Gasteiger partial charge in [-0.3, -0.25) is 4.68 Å². The molecule has 0 atom stereocenters. The molecule has 160 valence electrons. The van der Waals surface area contributed by atoms with Gasteiger partial charge in [0.25, 0.3) is 0 Å². The summed E-state index contributed by atoms with van der Waals surface area (Å²) in [6.45, 7) is 1.87. The summed E-state index contributed by atoms with van der Waals surface area (Å²) >= 11 is 3.38. The monoisotopic (exact) mass is 477 g/mol. The van der Waals surface area contributed by atoms with E-state index in [0.29, 0.717) is 22.1 Å². The minimum Gasteiger partial charge on any atom is -0.476 e. The van der Waals surface area contributed by atoms with E-state index in [-0.39, 0.29) is 17.6 Å². The molecule has 0 bridgehead atoms. The predicted molar refractivity (Wildman–Crippen MR) is 116 cm³/mol. The Morgan fingerprint density at radius 3 is 2.57 bits per heavy atom. The molecule has 0 amide bonds. The van der Waals surface area contributed by atoms with Gasteiger partial charge in [-0.1, -0.05) is 0 Å². The lowest BCUT2D eigenvalue weighted by Gasteiger charge is -2.25. The Bertz CT molecular complexity index is 1040. The van der Waals surface area contributed by atoms with Gasteiger partial charge in [-0.2, -0.15) is 10.2 Å². The predicted octanol–water partition coefficient (Wildman–Crippen LogP) is 4.13. The number of carboxylic acids is 1. The summed E-state index contributed by atoms with van der Waals surface area (Å²) in [5.74, 6) is -1.38. The molecule has 4 rings (SSSR count). The molecular formula is C21H25BrFN5O2. The summed E-state index contributed by atoms with van der Waals surface area (Å²) < 4.78 is 17.5. The van der Waals surface area contributed by atoms with Crippen molar-refractivity contribution in [1.82, 2.24) is 24.9 Å². The second-order valence-electron chi connectivity index (χ2n) is 7.33. The van der Waals surface area contributed by atoms with Crippen molar-refractivity contribution in [3.63, 3.8) is 0 Å². The number of carboxylic acid groups (broad SMARTS) is 1. The SMILES string of the molecule is CNC.Cc1cc(Cc2cn(C3CCC3)nc2C(=O)O)n(-c2ccc(F)cc2Br)n1. The third kappa shape index (κ3) is 4.79. The van der Waals surface area contributed by atoms with Crippen molar-refractivity contribution in [2.24, 2.45) is 0 Å². The maximum Gasteiger partial charge on any atom is 0.356 e. The van der Waals surface area contributed by atoms with Gasteiger partial charge in [-0.05, 0) is 80.5 Å². The van der Waals surface area contributed by atoms with Gasteiger partial charge in [0.15, 0.2) is 5.69 Å². The zero-order valence-corrected chi connectivity index (χ0v) is 18.8. The van der Waals surface area contributed by atoms with Crippen molar-refractivity contribution < 1.29 is 14.3 Å². The molecule has 9 heteroatoms. The quantitative estimate of drug-likeness (QED) is 0.576. The average Bonchev–Trinajstić information content (AvgIpc) is 3.18. The number of aryl methyl sites for hydroxylation is 1. The molecule has 1 saturated carbocycles. The molecule has 1 aliphatic carbocycles. The fraction of sp³-hybridized carbons (Fsp3) is 0.381. The highest BCUT2D eigenvalue weighted by molar-refractivity contribution is 9.10. The van der Waals surface area contributed by atoms with Crippen LogP contribution in [0, 0.1) is 12.7 Å². The summed E-state index contributed by atoms with van der Waals surface area (Å²) in [5, 5.41) is 21.1. The lowest BCUT2D eigenvalue weighted by molar-refractivity contribution is 0.0687. The van der Waals surface area contributed by atoms with Crippen molar-refractivity contribution in [1.29, 1.82) is 0 Å². The maximum atomic E-state index is 13.4. The highest BCUT2D eigenvalue weighted by Crippen LogP contribution is 2.32. The molecule has 0 radical (unpaired) electrons. The van der Waals surface area contributed by atoms with Crippen LogP contribution in [0.1, 0.15) is 52.7 Å². The standard InChI is InChI=1S/C19H18BrFN4O2.C2H7N/c1-11-7-15(25(22-11)17-6-5-13(21)9-16(17)20)8-12-10-24(14-3-2-4-14)23-18(12)19(26)27;1-3-2/h5-7,9-10,14H,2-4,8H2,1H3,(H,26,27);3H,1-2H3. The average molecular weight is 478 g/mol. The molecule has 2 heterocycles. The Balaban J connectivity index is 0.000000806. The molecule has 0 spiro atoms. The van der Waals surface area contributed by atoms with Gasteiger partial charge < -0.3 is 10.4 Å². The van der Waals surface area contributed by atoms with Crippen molar-refractivity contribution in [3.05, 3.63) is 63.4 Å². The van der Waals surface area contributed by atoms with Crippen molar-refractivity contribution in [2.75, 3.05) is 14.1 Å². The molecule has 1 aliphatic rings. The van der Waals surface area contributed by atoms with E-state index < -0.39 is 5.97 Å². The Morgan fingerprint density at radius 1 is 1.30 bits per heavy atom. The van der Waals surface area contributed by atoms with Gasteiger partial charge in [-0.15, -0.1) is 0 Å². The maximum absolute atomic E-state index is 13.4. The first-order valence-electron chi connectivity index (χ1n) is 9.74. The van der Waals surface area contributed by atoms with Crippen LogP contribution >= 0.6 is 15.9 Å². The number of carbonyl (C=O) groups is 1. The van der Waals surface area contributed by atoms with Gasteiger partial charge in [0.2, 0.25) is 0 Å². The number of aromatic nitrogens is 4. The van der Waals surface area contributed by atoms with Crippen LogP contribution in [0.3, 0.4) is 0 Å². The normalized spacial score (nSPS) is 13.5. The first-order chi connectivity index (χ1) is 14.3. The van der Waals surface area contributed by atoms with Crippen LogP contribution in [0.2, 0.25) is 0 Å². The molecule has 2 aromatic heterocycles. The number of hydrogen-bond donors (Lipinski definition) is 2. The molecular weight excluding hydrogens is 453 g/mol. The van der Waals surface area contributed by atoms with Gasteiger partial charge >= 0.3 is 5.97 Å². The third-order valence-electron chi connectivity index (χ3n) is 4.87. The van der Waals surface area contributed by atoms with Crippen LogP contribution in [0.25, 0.3) is 5.69 Å². The molecule has 0 saturated heterocycles. The number of benzene rings is 1. The number of halogens is 2. The number of hydrogen-bond acceptors (Lipinski definition) is 4. The van der Waals surface area contributed by atoms with Crippen molar-refractivity contribution in [3.8, 4) is 5.69 Å². The molecule has 1 aromatic carbocycles. The number of nitrogens with zero attached hydrogens (tertiary/aromatic N) is 4. The van der Waals surface area contributed by atoms with E-state index in [9.17, 15) is 14.3 Å². The minimum atomic E-state index is -1.03. The van der Waals surface area contributed by atoms with E-state index in [0.717, 1.165) is 30.7 Å². The lowest BCUT2D eigenvalue weighted by Crippen LogP contribution is -2.17. The first kappa shape index (κ1) is 22.2. The Kier molecular flexibility index (Phi) is 7.04. The fourth-order valence-corrected chi connectivity index (χ4v) is 3.83. The molecule has 3 aromatic rings. The van der Waals surface area contributed by atoms with Crippen molar-refractivity contribution in [2.45, 2.75) is 38.6 Å². The lowest BCUT2D eigenvalue weighted by atomic mass is 9.93.